The van der Waals surface area contributed by atoms with E-state index in [1.54, 1.807) is 6.92 Å². The Balaban J connectivity index is 2.13. The molecule has 1 fully saturated rings. The lowest BCUT2D eigenvalue weighted by molar-refractivity contribution is -0.130. The monoisotopic (exact) mass is 254 g/mol. The molecule has 3 nitrogen and oxygen atoms in total. The van der Waals surface area contributed by atoms with E-state index < -0.39 is 0 Å². The normalized spacial score (nSPS) is 20.8. The molecule has 3 heteroatoms. The number of nitrogens with one attached hydrogen (secondary N) is 1. The quantitative estimate of drug-likeness (QED) is 0.790. The summed E-state index contributed by atoms with van der Waals surface area (Å²) in [7, 11) is 0. The van der Waals surface area contributed by atoms with Crippen LogP contribution >= 0.6 is 0 Å². The molecule has 0 saturated carbocycles. The number of likely N-dealkylation sites (tertiary alicyclic amines) is 1. The van der Waals surface area contributed by atoms with E-state index in [-0.39, 0.29) is 5.91 Å². The summed E-state index contributed by atoms with van der Waals surface area (Å²) in [6, 6.07) is 0.618. The van der Waals surface area contributed by atoms with Crippen molar-refractivity contribution < 1.29 is 4.79 Å². The van der Waals surface area contributed by atoms with Crippen LogP contribution in [0.4, 0.5) is 0 Å². The zero-order chi connectivity index (χ0) is 13.5. The highest BCUT2D eigenvalue weighted by atomic mass is 16.2. The van der Waals surface area contributed by atoms with E-state index in [0.29, 0.717) is 6.04 Å². The second-order valence-corrected chi connectivity index (χ2v) is 5.87. The van der Waals surface area contributed by atoms with Crippen LogP contribution in [0.2, 0.25) is 0 Å². The molecule has 2 atom stereocenters. The highest BCUT2D eigenvalue weighted by Crippen LogP contribution is 2.20. The first-order valence-corrected chi connectivity index (χ1v) is 7.53. The van der Waals surface area contributed by atoms with E-state index in [0.717, 1.165) is 31.5 Å². The van der Waals surface area contributed by atoms with Crippen molar-refractivity contribution in [2.45, 2.75) is 59.4 Å². The van der Waals surface area contributed by atoms with Crippen LogP contribution < -0.4 is 5.32 Å². The predicted octanol–water partition coefficient (Wildman–Crippen LogP) is 2.66. The van der Waals surface area contributed by atoms with Gasteiger partial charge in [-0.05, 0) is 44.6 Å². The number of carbonyl (C=O) groups is 1. The molecule has 0 unspecified atom stereocenters. The van der Waals surface area contributed by atoms with Gasteiger partial charge in [0.25, 0.3) is 0 Å². The van der Waals surface area contributed by atoms with Crippen molar-refractivity contribution >= 4 is 5.91 Å². The highest BCUT2D eigenvalue weighted by Gasteiger charge is 2.20. The lowest BCUT2D eigenvalue weighted by atomic mass is 9.93. The van der Waals surface area contributed by atoms with E-state index in [9.17, 15) is 4.79 Å². The molecule has 0 aromatic heterocycles. The van der Waals surface area contributed by atoms with Gasteiger partial charge in [-0.3, -0.25) is 4.79 Å². The molecule has 1 heterocycles. The minimum absolute atomic E-state index is 0.233. The van der Waals surface area contributed by atoms with Crippen LogP contribution in [0.3, 0.4) is 0 Å². The van der Waals surface area contributed by atoms with Crippen molar-refractivity contribution in [3.8, 4) is 0 Å². The van der Waals surface area contributed by atoms with Gasteiger partial charge in [0.1, 0.15) is 0 Å². The van der Waals surface area contributed by atoms with E-state index in [1.807, 2.05) is 4.90 Å². The Labute approximate surface area is 112 Å². The third-order valence-electron chi connectivity index (χ3n) is 4.58. The Bertz CT molecular complexity index is 247. The van der Waals surface area contributed by atoms with Crippen molar-refractivity contribution in [1.29, 1.82) is 0 Å². The summed E-state index contributed by atoms with van der Waals surface area (Å²) < 4.78 is 0. The fraction of sp³-hybridized carbons (Fsp3) is 0.933. The molecule has 0 aromatic carbocycles. The summed E-state index contributed by atoms with van der Waals surface area (Å²) in [6.45, 7) is 11.6. The Hall–Kier alpha value is -0.570. The fourth-order valence-electron chi connectivity index (χ4n) is 2.61. The zero-order valence-corrected chi connectivity index (χ0v) is 12.5. The maximum absolute atomic E-state index is 11.2. The van der Waals surface area contributed by atoms with E-state index in [2.05, 4.69) is 26.1 Å². The number of rotatable bonds is 6. The van der Waals surface area contributed by atoms with Crippen LogP contribution in [-0.4, -0.2) is 36.5 Å². The van der Waals surface area contributed by atoms with Crippen LogP contribution in [0.25, 0.3) is 0 Å². The zero-order valence-electron chi connectivity index (χ0n) is 12.5. The summed E-state index contributed by atoms with van der Waals surface area (Å²) in [4.78, 5) is 13.2. The van der Waals surface area contributed by atoms with Crippen molar-refractivity contribution in [1.82, 2.24) is 10.2 Å². The van der Waals surface area contributed by atoms with Gasteiger partial charge < -0.3 is 10.2 Å². The van der Waals surface area contributed by atoms with Crippen LogP contribution in [0.1, 0.15) is 53.4 Å². The van der Waals surface area contributed by atoms with Gasteiger partial charge in [-0.15, -0.1) is 0 Å². The summed E-state index contributed by atoms with van der Waals surface area (Å²) in [5.74, 6) is 1.79. The Kier molecular flexibility index (Phi) is 6.69. The third kappa shape index (κ3) is 4.97. The summed E-state index contributed by atoms with van der Waals surface area (Å²) >= 11 is 0. The molecule has 0 aromatic rings. The standard InChI is InChI=1S/C15H30N2O/c1-5-12(2)13(3)16-9-6-15-7-10-17(11-8-15)14(4)18/h12-13,15-16H,5-11H2,1-4H3/t12-,13+/m0/s1. The number of carbonyl (C=O) groups excluding carboxylic acids is 1. The molecule has 106 valence electrons. The maximum atomic E-state index is 11.2. The van der Waals surface area contributed by atoms with E-state index >= 15 is 0 Å². The molecular weight excluding hydrogens is 224 g/mol. The molecule has 1 aliphatic rings. The molecule has 0 bridgehead atoms. The van der Waals surface area contributed by atoms with Gasteiger partial charge in [-0.25, -0.2) is 0 Å². The molecule has 1 amide bonds. The first kappa shape index (κ1) is 15.5. The lowest BCUT2D eigenvalue weighted by Gasteiger charge is -2.31. The van der Waals surface area contributed by atoms with Crippen molar-refractivity contribution in [3.63, 3.8) is 0 Å². The van der Waals surface area contributed by atoms with Crippen molar-refractivity contribution in [2.75, 3.05) is 19.6 Å². The molecule has 1 aliphatic heterocycles. The average Bonchev–Trinajstić information content (AvgIpc) is 2.38. The molecule has 0 aliphatic carbocycles. The molecule has 0 radical (unpaired) electrons. The van der Waals surface area contributed by atoms with Crippen LogP contribution in [-0.2, 0) is 4.79 Å². The molecule has 1 saturated heterocycles. The van der Waals surface area contributed by atoms with Gasteiger partial charge in [0.15, 0.2) is 0 Å². The number of hydrogen-bond acceptors (Lipinski definition) is 2. The maximum Gasteiger partial charge on any atom is 0.219 e. The first-order valence-electron chi connectivity index (χ1n) is 7.53. The first-order chi connectivity index (χ1) is 8.54. The fourth-order valence-corrected chi connectivity index (χ4v) is 2.61. The Morgan fingerprint density at radius 1 is 1.33 bits per heavy atom. The van der Waals surface area contributed by atoms with Gasteiger partial charge >= 0.3 is 0 Å². The summed E-state index contributed by atoms with van der Waals surface area (Å²) in [5, 5.41) is 3.63. The molecule has 0 spiro atoms. The minimum Gasteiger partial charge on any atom is -0.343 e. The number of amides is 1. The molecule has 1 N–H and O–H groups in total. The van der Waals surface area contributed by atoms with Gasteiger partial charge in [0.2, 0.25) is 5.91 Å². The number of hydrogen-bond donors (Lipinski definition) is 1. The van der Waals surface area contributed by atoms with Gasteiger partial charge in [-0.1, -0.05) is 20.3 Å². The van der Waals surface area contributed by atoms with Gasteiger partial charge in [0.05, 0.1) is 0 Å². The predicted molar refractivity (Wildman–Crippen MR) is 76.5 cm³/mol. The van der Waals surface area contributed by atoms with Crippen molar-refractivity contribution in [2.24, 2.45) is 11.8 Å². The lowest BCUT2D eigenvalue weighted by Crippen LogP contribution is -2.38. The Morgan fingerprint density at radius 3 is 2.44 bits per heavy atom. The number of piperidine rings is 1. The second-order valence-electron chi connectivity index (χ2n) is 5.87. The van der Waals surface area contributed by atoms with Crippen LogP contribution in [0.5, 0.6) is 0 Å². The molecular formula is C15H30N2O. The van der Waals surface area contributed by atoms with Gasteiger partial charge in [-0.2, -0.15) is 0 Å². The molecule has 1 rings (SSSR count). The van der Waals surface area contributed by atoms with Crippen LogP contribution in [0.15, 0.2) is 0 Å². The highest BCUT2D eigenvalue weighted by molar-refractivity contribution is 5.73. The number of nitrogens with zero attached hydrogens (tertiary/aromatic N) is 1. The van der Waals surface area contributed by atoms with Gasteiger partial charge in [0, 0.05) is 26.1 Å². The average molecular weight is 254 g/mol. The Morgan fingerprint density at radius 2 is 1.94 bits per heavy atom. The topological polar surface area (TPSA) is 32.3 Å². The van der Waals surface area contributed by atoms with E-state index in [1.165, 1.54) is 25.7 Å². The largest absolute Gasteiger partial charge is 0.343 e. The molecule has 18 heavy (non-hydrogen) atoms. The van der Waals surface area contributed by atoms with Crippen LogP contribution in [0, 0.1) is 11.8 Å². The minimum atomic E-state index is 0.233. The second kappa shape index (κ2) is 7.78. The summed E-state index contributed by atoms with van der Waals surface area (Å²) in [5.41, 5.74) is 0. The smallest absolute Gasteiger partial charge is 0.219 e. The van der Waals surface area contributed by atoms with Crippen molar-refractivity contribution in [3.05, 3.63) is 0 Å². The summed E-state index contributed by atoms with van der Waals surface area (Å²) in [6.07, 6.45) is 4.86. The van der Waals surface area contributed by atoms with E-state index in [4.69, 9.17) is 0 Å². The SMILES string of the molecule is CC[C@H](C)[C@@H](C)NCCC1CCN(C(C)=O)CC1. The third-order valence-corrected chi connectivity index (χ3v) is 4.58.